The summed E-state index contributed by atoms with van der Waals surface area (Å²) >= 11 is 0. The van der Waals surface area contributed by atoms with Gasteiger partial charge in [-0.2, -0.15) is 0 Å². The Hall–Kier alpha value is -0.160. The third-order valence-electron chi connectivity index (χ3n) is 3.26. The van der Waals surface area contributed by atoms with E-state index in [0.717, 1.165) is 39.5 Å². The summed E-state index contributed by atoms with van der Waals surface area (Å²) in [6.07, 6.45) is 0.316. The minimum atomic E-state index is 0.316. The summed E-state index contributed by atoms with van der Waals surface area (Å²) in [4.78, 5) is 2.32. The van der Waals surface area contributed by atoms with E-state index in [9.17, 15) is 0 Å². The minimum Gasteiger partial charge on any atom is -0.380 e. The fraction of sp³-hybridized carbons (Fsp3) is 1.00. The van der Waals surface area contributed by atoms with E-state index in [1.807, 2.05) is 6.92 Å². The molecule has 1 saturated heterocycles. The second-order valence-corrected chi connectivity index (χ2v) is 5.17. The summed E-state index contributed by atoms with van der Waals surface area (Å²) < 4.78 is 11.2. The monoisotopic (exact) mass is 244 g/mol. The van der Waals surface area contributed by atoms with Crippen LogP contribution in [0.25, 0.3) is 0 Å². The van der Waals surface area contributed by atoms with Crippen molar-refractivity contribution in [2.75, 3.05) is 46.5 Å². The van der Waals surface area contributed by atoms with E-state index in [0.29, 0.717) is 18.1 Å². The van der Waals surface area contributed by atoms with Crippen LogP contribution in [0.15, 0.2) is 0 Å². The van der Waals surface area contributed by atoms with Gasteiger partial charge in [-0.3, -0.25) is 0 Å². The number of nitrogens with zero attached hydrogens (tertiary/aromatic N) is 1. The van der Waals surface area contributed by atoms with Gasteiger partial charge in [-0.25, -0.2) is 0 Å². The van der Waals surface area contributed by atoms with Crippen molar-refractivity contribution in [2.24, 2.45) is 5.92 Å². The molecule has 0 amide bonds. The summed E-state index contributed by atoms with van der Waals surface area (Å²) in [5.41, 5.74) is 0. The van der Waals surface area contributed by atoms with Crippen molar-refractivity contribution in [3.8, 4) is 0 Å². The molecular weight excluding hydrogens is 216 g/mol. The predicted molar refractivity (Wildman–Crippen MR) is 70.4 cm³/mol. The van der Waals surface area contributed by atoms with Crippen molar-refractivity contribution >= 4 is 0 Å². The molecule has 1 N–H and O–H groups in total. The molecule has 0 bridgehead atoms. The molecule has 1 aliphatic heterocycles. The van der Waals surface area contributed by atoms with Gasteiger partial charge in [0.15, 0.2) is 0 Å². The average molecular weight is 244 g/mol. The lowest BCUT2D eigenvalue weighted by Gasteiger charge is -2.32. The third-order valence-corrected chi connectivity index (χ3v) is 3.26. The lowest BCUT2D eigenvalue weighted by atomic mass is 10.1. The van der Waals surface area contributed by atoms with Crippen molar-refractivity contribution in [1.82, 2.24) is 10.2 Å². The van der Waals surface area contributed by atoms with Crippen LogP contribution in [0, 0.1) is 5.92 Å². The summed E-state index contributed by atoms with van der Waals surface area (Å²) in [5.74, 6) is 0.586. The molecule has 4 heteroatoms. The molecule has 17 heavy (non-hydrogen) atoms. The summed E-state index contributed by atoms with van der Waals surface area (Å²) in [7, 11) is 2.15. The molecule has 1 fully saturated rings. The molecule has 0 radical (unpaired) electrons. The Morgan fingerprint density at radius 3 is 2.82 bits per heavy atom. The topological polar surface area (TPSA) is 33.7 Å². The number of rotatable bonds is 7. The smallest absolute Gasteiger partial charge is 0.0826 e. The fourth-order valence-corrected chi connectivity index (χ4v) is 2.01. The van der Waals surface area contributed by atoms with E-state index in [2.05, 4.69) is 31.1 Å². The van der Waals surface area contributed by atoms with E-state index in [4.69, 9.17) is 9.47 Å². The molecule has 0 saturated carbocycles. The molecule has 1 aliphatic rings. The molecule has 0 aliphatic carbocycles. The quantitative estimate of drug-likeness (QED) is 0.723. The Balaban J connectivity index is 2.25. The van der Waals surface area contributed by atoms with Crippen LogP contribution in [0.3, 0.4) is 0 Å². The van der Waals surface area contributed by atoms with E-state index >= 15 is 0 Å². The molecule has 1 heterocycles. The van der Waals surface area contributed by atoms with Crippen molar-refractivity contribution in [3.05, 3.63) is 0 Å². The fourth-order valence-electron chi connectivity index (χ4n) is 2.01. The standard InChI is InChI=1S/C13H28N2O2/c1-5-16-10-13(11(2)3)14-8-12-9-15(4)6-7-17-12/h11-14H,5-10H2,1-4H3. The Morgan fingerprint density at radius 2 is 2.24 bits per heavy atom. The predicted octanol–water partition coefficient (Wildman–Crippen LogP) is 0.968. The first-order valence-corrected chi connectivity index (χ1v) is 6.74. The van der Waals surface area contributed by atoms with Crippen LogP contribution in [0.1, 0.15) is 20.8 Å². The number of hydrogen-bond acceptors (Lipinski definition) is 4. The molecule has 0 aromatic heterocycles. The zero-order chi connectivity index (χ0) is 12.7. The Bertz CT molecular complexity index is 200. The van der Waals surface area contributed by atoms with Crippen LogP contribution in [0.5, 0.6) is 0 Å². The lowest BCUT2D eigenvalue weighted by Crippen LogP contribution is -2.48. The van der Waals surface area contributed by atoms with Crippen LogP contribution in [0.4, 0.5) is 0 Å². The summed E-state index contributed by atoms with van der Waals surface area (Å²) in [6, 6.07) is 0.422. The summed E-state index contributed by atoms with van der Waals surface area (Å²) in [6.45, 7) is 11.9. The number of morpholine rings is 1. The highest BCUT2D eigenvalue weighted by molar-refractivity contribution is 4.76. The molecule has 0 aromatic carbocycles. The van der Waals surface area contributed by atoms with Crippen LogP contribution < -0.4 is 5.32 Å². The molecular formula is C13H28N2O2. The zero-order valence-corrected chi connectivity index (χ0v) is 11.7. The number of nitrogens with one attached hydrogen (secondary N) is 1. The number of likely N-dealkylation sites (N-methyl/N-ethyl adjacent to an activating group) is 1. The first kappa shape index (κ1) is 14.9. The zero-order valence-electron chi connectivity index (χ0n) is 11.7. The Kier molecular flexibility index (Phi) is 7.04. The van der Waals surface area contributed by atoms with E-state index in [1.54, 1.807) is 0 Å². The first-order valence-electron chi connectivity index (χ1n) is 6.74. The highest BCUT2D eigenvalue weighted by Crippen LogP contribution is 2.05. The first-order chi connectivity index (χ1) is 8.13. The maximum Gasteiger partial charge on any atom is 0.0826 e. The van der Waals surface area contributed by atoms with Gasteiger partial charge in [0.25, 0.3) is 0 Å². The highest BCUT2D eigenvalue weighted by Gasteiger charge is 2.20. The van der Waals surface area contributed by atoms with E-state index in [1.165, 1.54) is 0 Å². The van der Waals surface area contributed by atoms with Crippen molar-refractivity contribution in [3.63, 3.8) is 0 Å². The second-order valence-electron chi connectivity index (χ2n) is 5.17. The van der Waals surface area contributed by atoms with E-state index < -0.39 is 0 Å². The minimum absolute atomic E-state index is 0.316. The largest absolute Gasteiger partial charge is 0.380 e. The van der Waals surface area contributed by atoms with Gasteiger partial charge < -0.3 is 19.7 Å². The van der Waals surface area contributed by atoms with Gasteiger partial charge in [0.2, 0.25) is 0 Å². The SMILES string of the molecule is CCOCC(NCC1CN(C)CCO1)C(C)C. The Labute approximate surface area is 106 Å². The van der Waals surface area contributed by atoms with Crippen molar-refractivity contribution < 1.29 is 9.47 Å². The van der Waals surface area contributed by atoms with Crippen LogP contribution in [0.2, 0.25) is 0 Å². The normalized spacial score (nSPS) is 24.2. The van der Waals surface area contributed by atoms with Crippen LogP contribution in [-0.4, -0.2) is 63.5 Å². The van der Waals surface area contributed by atoms with Crippen LogP contribution in [-0.2, 0) is 9.47 Å². The molecule has 2 unspecified atom stereocenters. The van der Waals surface area contributed by atoms with Gasteiger partial charge in [0.1, 0.15) is 0 Å². The maximum atomic E-state index is 5.74. The van der Waals surface area contributed by atoms with Crippen molar-refractivity contribution in [2.45, 2.75) is 32.9 Å². The van der Waals surface area contributed by atoms with Gasteiger partial charge in [0.05, 0.1) is 19.3 Å². The Morgan fingerprint density at radius 1 is 1.47 bits per heavy atom. The van der Waals surface area contributed by atoms with Gasteiger partial charge in [-0.05, 0) is 19.9 Å². The van der Waals surface area contributed by atoms with Gasteiger partial charge in [-0.15, -0.1) is 0 Å². The third kappa shape index (κ3) is 5.82. The number of ether oxygens (including phenoxy) is 2. The van der Waals surface area contributed by atoms with Gasteiger partial charge in [0, 0.05) is 32.3 Å². The molecule has 0 aromatic rings. The maximum absolute atomic E-state index is 5.74. The van der Waals surface area contributed by atoms with Crippen LogP contribution >= 0.6 is 0 Å². The highest BCUT2D eigenvalue weighted by atomic mass is 16.5. The molecule has 2 atom stereocenters. The number of hydrogen-bond donors (Lipinski definition) is 1. The molecule has 102 valence electrons. The molecule has 1 rings (SSSR count). The van der Waals surface area contributed by atoms with Gasteiger partial charge in [-0.1, -0.05) is 13.8 Å². The summed E-state index contributed by atoms with van der Waals surface area (Å²) in [5, 5.41) is 3.57. The molecule has 4 nitrogen and oxygen atoms in total. The van der Waals surface area contributed by atoms with Gasteiger partial charge >= 0.3 is 0 Å². The lowest BCUT2D eigenvalue weighted by molar-refractivity contribution is -0.0217. The van der Waals surface area contributed by atoms with Crippen molar-refractivity contribution in [1.29, 1.82) is 0 Å². The average Bonchev–Trinajstić information content (AvgIpc) is 2.28. The second kappa shape index (κ2) is 8.03. The molecule has 0 spiro atoms. The van der Waals surface area contributed by atoms with E-state index in [-0.39, 0.29) is 0 Å².